The van der Waals surface area contributed by atoms with Gasteiger partial charge < -0.3 is 15.8 Å². The maximum Gasteiger partial charge on any atom is 0.228 e. The Labute approximate surface area is 153 Å². The first-order valence-corrected chi connectivity index (χ1v) is 8.14. The predicted octanol–water partition coefficient (Wildman–Crippen LogP) is 2.76. The van der Waals surface area contributed by atoms with E-state index in [0.717, 1.165) is 16.5 Å². The van der Waals surface area contributed by atoms with E-state index in [9.17, 15) is 4.39 Å². The van der Waals surface area contributed by atoms with Gasteiger partial charge in [-0.1, -0.05) is 24.3 Å². The van der Waals surface area contributed by atoms with Crippen molar-refractivity contribution in [2.75, 3.05) is 18.2 Å². The third-order valence-electron chi connectivity index (χ3n) is 4.05. The van der Waals surface area contributed by atoms with E-state index in [0.29, 0.717) is 11.4 Å². The lowest BCUT2D eigenvalue weighted by molar-refractivity contribution is 0.384. The van der Waals surface area contributed by atoms with Crippen LogP contribution < -0.4 is 15.8 Å². The summed E-state index contributed by atoms with van der Waals surface area (Å²) in [5.41, 5.74) is 7.86. The van der Waals surface area contributed by atoms with Crippen LogP contribution in [-0.2, 0) is 6.54 Å². The fraction of sp³-hybridized carbons (Fsp3) is 0.111. The standard InChI is InChI=1S/C18H16FN7O/c1-27-14-4-2-3-12(15(14)19)8-21-18-24-16(23-17(20)25-18)10-5-6-11-9-22-26-13(11)7-10/h2-7,9H,8H2,1H3,(H,22,26)(H3,20,21,23,24,25). The number of anilines is 2. The number of aromatic amines is 1. The summed E-state index contributed by atoms with van der Waals surface area (Å²) in [5, 5.41) is 10.9. The van der Waals surface area contributed by atoms with Crippen LogP contribution in [0.25, 0.3) is 22.3 Å². The highest BCUT2D eigenvalue weighted by molar-refractivity contribution is 5.82. The molecule has 2 aromatic heterocycles. The number of nitrogens with one attached hydrogen (secondary N) is 2. The molecule has 4 N–H and O–H groups in total. The summed E-state index contributed by atoms with van der Waals surface area (Å²) in [5.74, 6) is 0.479. The Morgan fingerprint density at radius 2 is 2.07 bits per heavy atom. The molecule has 9 heteroatoms. The summed E-state index contributed by atoms with van der Waals surface area (Å²) in [6.45, 7) is 0.172. The van der Waals surface area contributed by atoms with Crippen molar-refractivity contribution < 1.29 is 9.13 Å². The number of hydrogen-bond acceptors (Lipinski definition) is 7. The van der Waals surface area contributed by atoms with Gasteiger partial charge in [-0.2, -0.15) is 20.1 Å². The minimum absolute atomic E-state index is 0.0679. The molecular formula is C18H16FN7O. The lowest BCUT2D eigenvalue weighted by Gasteiger charge is -2.10. The molecule has 0 unspecified atom stereocenters. The maximum atomic E-state index is 14.3. The first kappa shape index (κ1) is 16.7. The van der Waals surface area contributed by atoms with Crippen LogP contribution in [0.4, 0.5) is 16.3 Å². The zero-order chi connectivity index (χ0) is 18.8. The first-order chi connectivity index (χ1) is 13.1. The van der Waals surface area contributed by atoms with E-state index in [2.05, 4.69) is 30.5 Å². The number of rotatable bonds is 5. The topological polar surface area (TPSA) is 115 Å². The molecule has 2 heterocycles. The molecule has 0 spiro atoms. The molecule has 2 aromatic carbocycles. The largest absolute Gasteiger partial charge is 0.494 e. The Bertz CT molecular complexity index is 1110. The van der Waals surface area contributed by atoms with Crippen molar-refractivity contribution in [1.29, 1.82) is 0 Å². The van der Waals surface area contributed by atoms with E-state index in [1.54, 1.807) is 24.4 Å². The molecular weight excluding hydrogens is 349 g/mol. The van der Waals surface area contributed by atoms with Crippen molar-refractivity contribution in [2.45, 2.75) is 6.54 Å². The van der Waals surface area contributed by atoms with Gasteiger partial charge in [-0.05, 0) is 12.1 Å². The molecule has 0 fully saturated rings. The van der Waals surface area contributed by atoms with Gasteiger partial charge in [-0.15, -0.1) is 0 Å². The van der Waals surface area contributed by atoms with Crippen LogP contribution in [0.1, 0.15) is 5.56 Å². The third kappa shape index (κ3) is 3.34. The van der Waals surface area contributed by atoms with Crippen molar-refractivity contribution in [2.24, 2.45) is 0 Å². The Kier molecular flexibility index (Phi) is 4.25. The van der Waals surface area contributed by atoms with E-state index in [1.807, 2.05) is 18.2 Å². The zero-order valence-electron chi connectivity index (χ0n) is 14.4. The van der Waals surface area contributed by atoms with Crippen LogP contribution >= 0.6 is 0 Å². The highest BCUT2D eigenvalue weighted by Gasteiger charge is 2.11. The number of aromatic nitrogens is 5. The van der Waals surface area contributed by atoms with Gasteiger partial charge in [-0.3, -0.25) is 5.10 Å². The molecule has 136 valence electrons. The quantitative estimate of drug-likeness (QED) is 0.498. The molecule has 8 nitrogen and oxygen atoms in total. The number of benzene rings is 2. The van der Waals surface area contributed by atoms with Gasteiger partial charge in [0.15, 0.2) is 17.4 Å². The van der Waals surface area contributed by atoms with Crippen molar-refractivity contribution in [3.8, 4) is 17.1 Å². The van der Waals surface area contributed by atoms with Gasteiger partial charge in [0.25, 0.3) is 0 Å². The molecule has 0 saturated carbocycles. The van der Waals surface area contributed by atoms with Crippen LogP contribution in [0.15, 0.2) is 42.6 Å². The fourth-order valence-corrected chi connectivity index (χ4v) is 2.70. The Balaban J connectivity index is 1.61. The SMILES string of the molecule is COc1cccc(CNc2nc(N)nc(-c3ccc4cn[nH]c4c3)n2)c1F. The summed E-state index contributed by atoms with van der Waals surface area (Å²) < 4.78 is 19.3. The number of nitrogen functional groups attached to an aromatic ring is 1. The van der Waals surface area contributed by atoms with E-state index >= 15 is 0 Å². The number of ether oxygens (including phenoxy) is 1. The van der Waals surface area contributed by atoms with Crippen molar-refractivity contribution in [3.63, 3.8) is 0 Å². The van der Waals surface area contributed by atoms with E-state index in [-0.39, 0.29) is 24.2 Å². The second-order valence-corrected chi connectivity index (χ2v) is 5.80. The van der Waals surface area contributed by atoms with Crippen molar-refractivity contribution >= 4 is 22.8 Å². The minimum Gasteiger partial charge on any atom is -0.494 e. The van der Waals surface area contributed by atoms with Crippen LogP contribution in [0, 0.1) is 5.82 Å². The van der Waals surface area contributed by atoms with Gasteiger partial charge in [0, 0.05) is 23.1 Å². The number of methoxy groups -OCH3 is 1. The minimum atomic E-state index is -0.431. The smallest absolute Gasteiger partial charge is 0.228 e. The molecule has 0 atom stereocenters. The molecule has 0 aliphatic heterocycles. The van der Waals surface area contributed by atoms with Crippen LogP contribution in [-0.4, -0.2) is 32.3 Å². The molecule has 0 bridgehead atoms. The van der Waals surface area contributed by atoms with E-state index in [1.165, 1.54) is 7.11 Å². The molecule has 0 saturated heterocycles. The monoisotopic (exact) mass is 365 g/mol. The lowest BCUT2D eigenvalue weighted by atomic mass is 10.1. The third-order valence-corrected chi connectivity index (χ3v) is 4.05. The Morgan fingerprint density at radius 1 is 1.19 bits per heavy atom. The van der Waals surface area contributed by atoms with Crippen molar-refractivity contribution in [3.05, 3.63) is 54.0 Å². The van der Waals surface area contributed by atoms with Gasteiger partial charge in [-0.25, -0.2) is 4.39 Å². The van der Waals surface area contributed by atoms with E-state index < -0.39 is 5.82 Å². The number of H-pyrrole nitrogens is 1. The van der Waals surface area contributed by atoms with Gasteiger partial charge in [0.05, 0.1) is 18.8 Å². The molecule has 27 heavy (non-hydrogen) atoms. The normalized spacial score (nSPS) is 10.9. The summed E-state index contributed by atoms with van der Waals surface area (Å²) in [6.07, 6.45) is 1.73. The number of nitrogens with two attached hydrogens (primary N) is 1. The second-order valence-electron chi connectivity index (χ2n) is 5.80. The summed E-state index contributed by atoms with van der Waals surface area (Å²) in [7, 11) is 1.42. The molecule has 4 rings (SSSR count). The zero-order valence-corrected chi connectivity index (χ0v) is 14.4. The number of nitrogens with zero attached hydrogens (tertiary/aromatic N) is 4. The highest BCUT2D eigenvalue weighted by Crippen LogP contribution is 2.23. The van der Waals surface area contributed by atoms with E-state index in [4.69, 9.17) is 10.5 Å². The highest BCUT2D eigenvalue weighted by atomic mass is 19.1. The van der Waals surface area contributed by atoms with Crippen LogP contribution in [0.3, 0.4) is 0 Å². The molecule has 0 aliphatic rings. The van der Waals surface area contributed by atoms with Gasteiger partial charge in [0.1, 0.15) is 0 Å². The average Bonchev–Trinajstić information content (AvgIpc) is 3.14. The molecule has 0 aliphatic carbocycles. The van der Waals surface area contributed by atoms with Crippen molar-refractivity contribution in [1.82, 2.24) is 25.1 Å². The van der Waals surface area contributed by atoms with Crippen LogP contribution in [0.2, 0.25) is 0 Å². The predicted molar refractivity (Wildman–Crippen MR) is 99.6 cm³/mol. The van der Waals surface area contributed by atoms with Gasteiger partial charge >= 0.3 is 0 Å². The summed E-state index contributed by atoms with van der Waals surface area (Å²) in [6, 6.07) is 10.6. The van der Waals surface area contributed by atoms with Gasteiger partial charge in [0.2, 0.25) is 11.9 Å². The second kappa shape index (κ2) is 6.87. The Morgan fingerprint density at radius 3 is 2.93 bits per heavy atom. The number of hydrogen-bond donors (Lipinski definition) is 3. The lowest BCUT2D eigenvalue weighted by Crippen LogP contribution is -2.09. The fourth-order valence-electron chi connectivity index (χ4n) is 2.70. The van der Waals surface area contributed by atoms with Crippen LogP contribution in [0.5, 0.6) is 5.75 Å². The Hall–Kier alpha value is -3.75. The summed E-state index contributed by atoms with van der Waals surface area (Å²) >= 11 is 0. The molecule has 4 aromatic rings. The summed E-state index contributed by atoms with van der Waals surface area (Å²) in [4.78, 5) is 12.6. The first-order valence-electron chi connectivity index (χ1n) is 8.14. The average molecular weight is 365 g/mol. The molecule has 0 amide bonds. The maximum absolute atomic E-state index is 14.3. The molecule has 0 radical (unpaired) electrons. The number of fused-ring (bicyclic) bond motifs is 1. The number of halogens is 1.